The van der Waals surface area contributed by atoms with Crippen LogP contribution in [0.1, 0.15) is 24.8 Å². The van der Waals surface area contributed by atoms with E-state index in [1.807, 2.05) is 18.2 Å². The van der Waals surface area contributed by atoms with E-state index in [0.29, 0.717) is 38.8 Å². The van der Waals surface area contributed by atoms with Gasteiger partial charge in [-0.3, -0.25) is 4.79 Å². The quantitative estimate of drug-likeness (QED) is 0.734. The van der Waals surface area contributed by atoms with E-state index >= 15 is 0 Å². The van der Waals surface area contributed by atoms with Gasteiger partial charge in [0.05, 0.1) is 5.71 Å². The molecule has 0 unspecified atom stereocenters. The van der Waals surface area contributed by atoms with Crippen molar-refractivity contribution in [2.75, 3.05) is 19.9 Å². The van der Waals surface area contributed by atoms with Crippen molar-refractivity contribution in [2.45, 2.75) is 37.9 Å². The van der Waals surface area contributed by atoms with Gasteiger partial charge in [0, 0.05) is 38.8 Å². The Bertz CT molecular complexity index is 1000. The molecule has 0 spiro atoms. The monoisotopic (exact) mass is 426 g/mol. The normalized spacial score (nSPS) is 20.4. The molecule has 162 valence electrons. The molecule has 3 aliphatic rings. The molecular weight excluding hydrogens is 403 g/mol. The van der Waals surface area contributed by atoms with Crippen LogP contribution in [0.5, 0.6) is 17.2 Å². The van der Waals surface area contributed by atoms with Gasteiger partial charge in [0.2, 0.25) is 12.9 Å². The minimum Gasteiger partial charge on any atom is -0.487 e. The van der Waals surface area contributed by atoms with Crippen molar-refractivity contribution in [3.05, 3.63) is 53.8 Å². The molecule has 1 amide bonds. The average Bonchev–Trinajstić information content (AvgIpc) is 3.45. The van der Waals surface area contributed by atoms with Crippen LogP contribution in [0.15, 0.2) is 47.6 Å². The van der Waals surface area contributed by atoms with Crippen molar-refractivity contribution in [3.63, 3.8) is 0 Å². The van der Waals surface area contributed by atoms with Gasteiger partial charge in [0.25, 0.3) is 5.91 Å². The number of ether oxygens (including phenoxy) is 3. The third-order valence-corrected chi connectivity index (χ3v) is 5.73. The highest BCUT2D eigenvalue weighted by Gasteiger charge is 2.34. The van der Waals surface area contributed by atoms with Crippen LogP contribution in [0, 0.1) is 5.82 Å². The van der Waals surface area contributed by atoms with Gasteiger partial charge in [-0.05, 0) is 29.8 Å². The van der Waals surface area contributed by atoms with Crippen LogP contribution in [-0.2, 0) is 16.1 Å². The summed E-state index contributed by atoms with van der Waals surface area (Å²) in [6, 6.07) is 12.2. The molecule has 1 saturated heterocycles. The van der Waals surface area contributed by atoms with E-state index in [-0.39, 0.29) is 30.4 Å². The Balaban J connectivity index is 1.11. The molecule has 2 aromatic carbocycles. The number of hydrogen-bond donors (Lipinski definition) is 0. The highest BCUT2D eigenvalue weighted by Crippen LogP contribution is 2.33. The number of piperidine rings is 1. The Morgan fingerprint density at radius 3 is 2.77 bits per heavy atom. The molecule has 1 fully saturated rings. The van der Waals surface area contributed by atoms with Gasteiger partial charge >= 0.3 is 0 Å². The number of fused-ring (bicyclic) bond motifs is 1. The first-order valence-corrected chi connectivity index (χ1v) is 10.5. The van der Waals surface area contributed by atoms with E-state index in [2.05, 4.69) is 5.16 Å². The highest BCUT2D eigenvalue weighted by atomic mass is 19.1. The fraction of sp³-hybridized carbons (Fsp3) is 0.391. The maximum absolute atomic E-state index is 13.8. The van der Waals surface area contributed by atoms with Gasteiger partial charge in [-0.2, -0.15) is 0 Å². The van der Waals surface area contributed by atoms with Gasteiger partial charge in [0.1, 0.15) is 6.10 Å². The predicted molar refractivity (Wildman–Crippen MR) is 110 cm³/mol. The number of para-hydroxylation sites is 1. The summed E-state index contributed by atoms with van der Waals surface area (Å²) in [7, 11) is 0. The summed E-state index contributed by atoms with van der Waals surface area (Å²) >= 11 is 0. The molecule has 8 heteroatoms. The van der Waals surface area contributed by atoms with Gasteiger partial charge in [0.15, 0.2) is 23.1 Å². The number of carbonyl (C=O) groups is 1. The standard InChI is InChI=1S/C23H23FN2O5/c24-18-3-1-2-4-19(18)30-17-7-9-26(10-8-17)23(27)22-13-16(25-31-22)11-15-5-6-20-21(12-15)29-14-28-20/h1-6,12,17,22H,7-11,13-14H2/t22-/m0/s1. The first-order valence-electron chi connectivity index (χ1n) is 10.5. The number of halogens is 1. The Labute approximate surface area is 179 Å². The van der Waals surface area contributed by atoms with Gasteiger partial charge < -0.3 is 23.9 Å². The fourth-order valence-corrected chi connectivity index (χ4v) is 4.07. The number of carbonyl (C=O) groups excluding carboxylic acids is 1. The smallest absolute Gasteiger partial charge is 0.266 e. The van der Waals surface area contributed by atoms with Crippen LogP contribution in [0.2, 0.25) is 0 Å². The molecule has 5 rings (SSSR count). The topological polar surface area (TPSA) is 69.6 Å². The third-order valence-electron chi connectivity index (χ3n) is 5.73. The zero-order valence-corrected chi connectivity index (χ0v) is 17.0. The van der Waals surface area contributed by atoms with Crippen LogP contribution in [0.4, 0.5) is 4.39 Å². The lowest BCUT2D eigenvalue weighted by molar-refractivity contribution is -0.143. The molecule has 0 aromatic heterocycles. The summed E-state index contributed by atoms with van der Waals surface area (Å²) in [4.78, 5) is 20.1. The van der Waals surface area contributed by atoms with E-state index in [9.17, 15) is 9.18 Å². The van der Waals surface area contributed by atoms with E-state index < -0.39 is 6.10 Å². The number of benzene rings is 2. The molecule has 1 atom stereocenters. The van der Waals surface area contributed by atoms with Crippen molar-refractivity contribution in [1.82, 2.24) is 4.90 Å². The number of rotatable bonds is 5. The second-order valence-corrected chi connectivity index (χ2v) is 7.89. The van der Waals surface area contributed by atoms with Crippen molar-refractivity contribution >= 4 is 11.6 Å². The summed E-state index contributed by atoms with van der Waals surface area (Å²) < 4.78 is 30.3. The molecule has 3 heterocycles. The second kappa shape index (κ2) is 8.45. The lowest BCUT2D eigenvalue weighted by Crippen LogP contribution is -2.46. The summed E-state index contributed by atoms with van der Waals surface area (Å²) in [6.45, 7) is 1.34. The van der Waals surface area contributed by atoms with E-state index in [1.165, 1.54) is 6.07 Å². The molecular formula is C23H23FN2O5. The second-order valence-electron chi connectivity index (χ2n) is 7.89. The highest BCUT2D eigenvalue weighted by molar-refractivity contribution is 5.94. The largest absolute Gasteiger partial charge is 0.487 e. The van der Waals surface area contributed by atoms with E-state index in [4.69, 9.17) is 19.0 Å². The molecule has 3 aliphatic heterocycles. The molecule has 2 aromatic rings. The van der Waals surface area contributed by atoms with Crippen LogP contribution in [0.3, 0.4) is 0 Å². The fourth-order valence-electron chi connectivity index (χ4n) is 4.07. The maximum atomic E-state index is 13.8. The lowest BCUT2D eigenvalue weighted by Gasteiger charge is -2.33. The summed E-state index contributed by atoms with van der Waals surface area (Å²) in [5.74, 6) is 1.29. The van der Waals surface area contributed by atoms with Crippen LogP contribution in [0.25, 0.3) is 0 Å². The zero-order chi connectivity index (χ0) is 21.2. The number of nitrogens with zero attached hydrogens (tertiary/aromatic N) is 2. The minimum atomic E-state index is -0.590. The Hall–Kier alpha value is -3.29. The number of amides is 1. The molecule has 0 saturated carbocycles. The Kier molecular flexibility index (Phi) is 5.36. The minimum absolute atomic E-state index is 0.0613. The van der Waals surface area contributed by atoms with Crippen molar-refractivity contribution in [2.24, 2.45) is 5.16 Å². The van der Waals surface area contributed by atoms with Crippen LogP contribution >= 0.6 is 0 Å². The van der Waals surface area contributed by atoms with Crippen molar-refractivity contribution < 1.29 is 28.2 Å². The van der Waals surface area contributed by atoms with Crippen LogP contribution in [-0.4, -0.2) is 48.6 Å². The lowest BCUT2D eigenvalue weighted by atomic mass is 10.0. The number of hydrogen-bond acceptors (Lipinski definition) is 6. The first-order chi connectivity index (χ1) is 15.2. The molecule has 31 heavy (non-hydrogen) atoms. The van der Waals surface area contributed by atoms with Gasteiger partial charge in [-0.1, -0.05) is 23.4 Å². The number of likely N-dealkylation sites (tertiary alicyclic amines) is 1. The molecule has 0 aliphatic carbocycles. The maximum Gasteiger partial charge on any atom is 0.266 e. The van der Waals surface area contributed by atoms with E-state index in [1.54, 1.807) is 23.1 Å². The zero-order valence-electron chi connectivity index (χ0n) is 17.0. The van der Waals surface area contributed by atoms with Gasteiger partial charge in [-0.15, -0.1) is 0 Å². The Morgan fingerprint density at radius 2 is 1.94 bits per heavy atom. The van der Waals surface area contributed by atoms with Crippen LogP contribution < -0.4 is 14.2 Å². The first kappa shape index (κ1) is 19.7. The number of oxime groups is 1. The van der Waals surface area contributed by atoms with Crippen molar-refractivity contribution in [1.29, 1.82) is 0 Å². The van der Waals surface area contributed by atoms with E-state index in [0.717, 1.165) is 22.8 Å². The predicted octanol–water partition coefficient (Wildman–Crippen LogP) is 3.31. The average molecular weight is 426 g/mol. The molecule has 0 radical (unpaired) electrons. The Morgan fingerprint density at radius 1 is 1.13 bits per heavy atom. The summed E-state index contributed by atoms with van der Waals surface area (Å²) in [5, 5.41) is 4.13. The van der Waals surface area contributed by atoms with Gasteiger partial charge in [-0.25, -0.2) is 4.39 Å². The summed E-state index contributed by atoms with van der Waals surface area (Å²) in [5.41, 5.74) is 1.86. The third kappa shape index (κ3) is 4.28. The SMILES string of the molecule is O=C([C@@H]1CC(Cc2ccc3c(c2)OCO3)=NO1)N1CCC(Oc2ccccc2F)CC1. The molecule has 0 N–H and O–H groups in total. The molecule has 7 nitrogen and oxygen atoms in total. The van der Waals surface area contributed by atoms with Crippen molar-refractivity contribution in [3.8, 4) is 17.2 Å². The summed E-state index contributed by atoms with van der Waals surface area (Å²) in [6.07, 6.45) is 1.67. The molecule has 0 bridgehead atoms.